The lowest BCUT2D eigenvalue weighted by Crippen LogP contribution is -2.01. The Kier molecular flexibility index (Phi) is 2.42. The fourth-order valence-corrected chi connectivity index (χ4v) is 0.915. The molecule has 0 saturated heterocycles. The number of nitrogen functional groups attached to an aromatic ring is 1. The van der Waals surface area contributed by atoms with Gasteiger partial charge < -0.3 is 5.73 Å². The van der Waals surface area contributed by atoms with E-state index in [2.05, 4.69) is 4.98 Å². The number of alkyl halides is 2. The highest BCUT2D eigenvalue weighted by Gasteiger charge is 2.18. The van der Waals surface area contributed by atoms with Gasteiger partial charge in [0, 0.05) is 6.07 Å². The molecule has 0 unspecified atom stereocenters. The summed E-state index contributed by atoms with van der Waals surface area (Å²) >= 11 is 5.25. The van der Waals surface area contributed by atoms with Gasteiger partial charge in [-0.05, 0) is 0 Å². The number of pyridine rings is 1. The molecule has 2 N–H and O–H groups in total. The normalized spacial score (nSPS) is 10.8. The maximum Gasteiger partial charge on any atom is 0.270 e. The van der Waals surface area contributed by atoms with Crippen molar-refractivity contribution < 1.29 is 13.2 Å². The van der Waals surface area contributed by atoms with Crippen LogP contribution in [-0.2, 0) is 0 Å². The lowest BCUT2D eigenvalue weighted by atomic mass is 10.2. The number of rotatable bonds is 1. The second-order valence-corrected chi connectivity index (χ2v) is 2.41. The van der Waals surface area contributed by atoms with Gasteiger partial charge in [-0.3, -0.25) is 0 Å². The van der Waals surface area contributed by atoms with E-state index in [1.54, 1.807) is 0 Å². The standard InChI is InChI=1S/C6H4ClF3N2/c7-3-1-2(8)4(5(9)10)6(11)12-3/h1,5H,(H2,11,12). The molecule has 0 bridgehead atoms. The molecule has 66 valence electrons. The van der Waals surface area contributed by atoms with Crippen LogP contribution >= 0.6 is 11.6 Å². The predicted molar refractivity (Wildman–Crippen MR) is 38.6 cm³/mol. The van der Waals surface area contributed by atoms with Gasteiger partial charge in [0.15, 0.2) is 0 Å². The minimum absolute atomic E-state index is 0.241. The number of nitrogens with zero attached hydrogens (tertiary/aromatic N) is 1. The quantitative estimate of drug-likeness (QED) is 0.701. The molecule has 0 fully saturated rings. The van der Waals surface area contributed by atoms with Crippen LogP contribution in [0, 0.1) is 5.82 Å². The summed E-state index contributed by atoms with van der Waals surface area (Å²) in [6.45, 7) is 0. The van der Waals surface area contributed by atoms with E-state index < -0.39 is 23.6 Å². The van der Waals surface area contributed by atoms with E-state index in [-0.39, 0.29) is 5.15 Å². The van der Waals surface area contributed by atoms with E-state index in [9.17, 15) is 13.2 Å². The van der Waals surface area contributed by atoms with E-state index in [4.69, 9.17) is 17.3 Å². The van der Waals surface area contributed by atoms with E-state index >= 15 is 0 Å². The molecule has 0 radical (unpaired) electrons. The van der Waals surface area contributed by atoms with E-state index in [1.807, 2.05) is 0 Å². The van der Waals surface area contributed by atoms with Gasteiger partial charge in [0.2, 0.25) is 0 Å². The van der Waals surface area contributed by atoms with Gasteiger partial charge in [0.25, 0.3) is 6.43 Å². The summed E-state index contributed by atoms with van der Waals surface area (Å²) in [5, 5.41) is -0.241. The van der Waals surface area contributed by atoms with Crippen molar-refractivity contribution in [2.75, 3.05) is 5.73 Å². The van der Waals surface area contributed by atoms with Crippen molar-refractivity contribution in [2.24, 2.45) is 0 Å². The van der Waals surface area contributed by atoms with E-state index in [0.717, 1.165) is 0 Å². The van der Waals surface area contributed by atoms with E-state index in [1.165, 1.54) is 0 Å². The third-order valence-corrected chi connectivity index (χ3v) is 1.42. The van der Waals surface area contributed by atoms with Crippen molar-refractivity contribution in [1.82, 2.24) is 4.98 Å². The minimum atomic E-state index is -2.98. The van der Waals surface area contributed by atoms with Crippen LogP contribution in [0.15, 0.2) is 6.07 Å². The first-order valence-corrected chi connectivity index (χ1v) is 3.29. The van der Waals surface area contributed by atoms with Crippen LogP contribution in [0.5, 0.6) is 0 Å². The lowest BCUT2D eigenvalue weighted by Gasteiger charge is -2.04. The largest absolute Gasteiger partial charge is 0.383 e. The number of anilines is 1. The maximum atomic E-state index is 12.7. The second-order valence-electron chi connectivity index (χ2n) is 2.03. The molecule has 0 saturated carbocycles. The van der Waals surface area contributed by atoms with Crippen molar-refractivity contribution in [1.29, 1.82) is 0 Å². The average molecular weight is 197 g/mol. The number of halogens is 4. The fourth-order valence-electron chi connectivity index (χ4n) is 0.728. The summed E-state index contributed by atoms with van der Waals surface area (Å²) in [6, 6.07) is 0.694. The Hall–Kier alpha value is -0.970. The van der Waals surface area contributed by atoms with Crippen molar-refractivity contribution in [3.63, 3.8) is 0 Å². The molecule has 1 heterocycles. The minimum Gasteiger partial charge on any atom is -0.383 e. The van der Waals surface area contributed by atoms with Crippen molar-refractivity contribution >= 4 is 17.4 Å². The summed E-state index contributed by atoms with van der Waals surface area (Å²) in [5.74, 6) is -1.71. The zero-order chi connectivity index (χ0) is 9.30. The Morgan fingerprint density at radius 1 is 1.50 bits per heavy atom. The highest BCUT2D eigenvalue weighted by Crippen LogP contribution is 2.27. The fraction of sp³-hybridized carbons (Fsp3) is 0.167. The molecule has 0 aliphatic rings. The molecule has 0 amide bonds. The molecular weight excluding hydrogens is 193 g/mol. The number of hydrogen-bond donors (Lipinski definition) is 1. The van der Waals surface area contributed by atoms with Crippen molar-refractivity contribution in [2.45, 2.75) is 6.43 Å². The second kappa shape index (κ2) is 3.18. The molecule has 0 atom stereocenters. The van der Waals surface area contributed by atoms with Crippen LogP contribution in [0.25, 0.3) is 0 Å². The van der Waals surface area contributed by atoms with Crippen LogP contribution in [0.3, 0.4) is 0 Å². The number of aromatic nitrogens is 1. The first kappa shape index (κ1) is 9.12. The Labute approximate surface area is 71.2 Å². The first-order valence-electron chi connectivity index (χ1n) is 2.92. The zero-order valence-corrected chi connectivity index (χ0v) is 6.45. The molecule has 0 aliphatic carbocycles. The average Bonchev–Trinajstić information content (AvgIpc) is 1.82. The summed E-state index contributed by atoms with van der Waals surface area (Å²) in [5.41, 5.74) is 4.10. The van der Waals surface area contributed by atoms with Gasteiger partial charge in [0.05, 0.1) is 5.56 Å². The highest BCUT2D eigenvalue weighted by atomic mass is 35.5. The summed E-state index contributed by atoms with van der Waals surface area (Å²) < 4.78 is 36.7. The third-order valence-electron chi connectivity index (χ3n) is 1.22. The summed E-state index contributed by atoms with van der Waals surface area (Å²) in [7, 11) is 0. The number of hydrogen-bond acceptors (Lipinski definition) is 2. The summed E-state index contributed by atoms with van der Waals surface area (Å²) in [4.78, 5) is 3.28. The molecular formula is C6H4ClF3N2. The van der Waals surface area contributed by atoms with E-state index in [0.29, 0.717) is 6.07 Å². The molecule has 1 aromatic heterocycles. The Morgan fingerprint density at radius 2 is 2.08 bits per heavy atom. The molecule has 12 heavy (non-hydrogen) atoms. The SMILES string of the molecule is Nc1nc(Cl)cc(F)c1C(F)F. The van der Waals surface area contributed by atoms with Gasteiger partial charge in [0.1, 0.15) is 16.8 Å². The van der Waals surface area contributed by atoms with Crippen molar-refractivity contribution in [3.8, 4) is 0 Å². The Morgan fingerprint density at radius 3 is 2.50 bits per heavy atom. The monoisotopic (exact) mass is 196 g/mol. The summed E-state index contributed by atoms with van der Waals surface area (Å²) in [6.07, 6.45) is -2.98. The van der Waals surface area contributed by atoms with Crippen LogP contribution in [0.1, 0.15) is 12.0 Å². The number of nitrogens with two attached hydrogens (primary N) is 1. The Bertz CT molecular complexity index is 280. The molecule has 6 heteroatoms. The van der Waals surface area contributed by atoms with Crippen LogP contribution in [-0.4, -0.2) is 4.98 Å². The molecule has 0 aromatic carbocycles. The lowest BCUT2D eigenvalue weighted by molar-refractivity contribution is 0.147. The van der Waals surface area contributed by atoms with Crippen molar-refractivity contribution in [3.05, 3.63) is 22.6 Å². The highest BCUT2D eigenvalue weighted by molar-refractivity contribution is 6.29. The smallest absolute Gasteiger partial charge is 0.270 e. The van der Waals surface area contributed by atoms with Crippen LogP contribution in [0.2, 0.25) is 5.15 Å². The topological polar surface area (TPSA) is 38.9 Å². The molecule has 1 rings (SSSR count). The first-order chi connectivity index (χ1) is 5.52. The van der Waals surface area contributed by atoms with Gasteiger partial charge in [-0.2, -0.15) is 0 Å². The van der Waals surface area contributed by atoms with Gasteiger partial charge in [-0.25, -0.2) is 18.2 Å². The Balaban J connectivity index is 3.28. The molecule has 1 aromatic rings. The predicted octanol–water partition coefficient (Wildman–Crippen LogP) is 2.39. The van der Waals surface area contributed by atoms with Gasteiger partial charge >= 0.3 is 0 Å². The van der Waals surface area contributed by atoms with Gasteiger partial charge in [-0.1, -0.05) is 11.6 Å². The van der Waals surface area contributed by atoms with Crippen LogP contribution < -0.4 is 5.73 Å². The zero-order valence-electron chi connectivity index (χ0n) is 5.69. The third kappa shape index (κ3) is 1.61. The molecule has 0 aliphatic heterocycles. The molecule has 2 nitrogen and oxygen atoms in total. The maximum absolute atomic E-state index is 12.7. The molecule has 0 spiro atoms. The van der Waals surface area contributed by atoms with Gasteiger partial charge in [-0.15, -0.1) is 0 Å². The van der Waals surface area contributed by atoms with Crippen LogP contribution in [0.4, 0.5) is 19.0 Å².